The third-order valence-electron chi connectivity index (χ3n) is 3.26. The molecule has 0 atom stereocenters. The van der Waals surface area contributed by atoms with Crippen LogP contribution in [0.1, 0.15) is 24.6 Å². The highest BCUT2D eigenvalue weighted by atomic mass is 32.1. The van der Waals surface area contributed by atoms with E-state index >= 15 is 0 Å². The molecule has 2 aromatic rings. The maximum atomic E-state index is 12.8. The van der Waals surface area contributed by atoms with Crippen LogP contribution in [0.4, 0.5) is 4.39 Å². The molecule has 0 saturated heterocycles. The lowest BCUT2D eigenvalue weighted by Crippen LogP contribution is -2.37. The van der Waals surface area contributed by atoms with Crippen molar-refractivity contribution in [3.05, 3.63) is 52.5 Å². The number of hydrogen-bond acceptors (Lipinski definition) is 3. The molecule has 24 heavy (non-hydrogen) atoms. The average Bonchev–Trinajstić information content (AvgIpc) is 3.11. The van der Waals surface area contributed by atoms with Crippen molar-refractivity contribution in [3.8, 4) is 5.75 Å². The van der Waals surface area contributed by atoms with Crippen LogP contribution in [0.25, 0.3) is 0 Å². The van der Waals surface area contributed by atoms with Gasteiger partial charge in [0.15, 0.2) is 5.96 Å². The highest BCUT2D eigenvalue weighted by molar-refractivity contribution is 7.09. The molecule has 0 aliphatic rings. The summed E-state index contributed by atoms with van der Waals surface area (Å²) in [6.07, 6.45) is 1.90. The molecule has 0 saturated carbocycles. The van der Waals surface area contributed by atoms with E-state index in [0.29, 0.717) is 18.9 Å². The third kappa shape index (κ3) is 7.00. The van der Waals surface area contributed by atoms with E-state index in [4.69, 9.17) is 4.74 Å². The summed E-state index contributed by atoms with van der Waals surface area (Å²) in [5.41, 5.74) is 0. The van der Waals surface area contributed by atoms with Crippen LogP contribution in [0.15, 0.2) is 46.8 Å². The Morgan fingerprint density at radius 3 is 2.71 bits per heavy atom. The third-order valence-corrected chi connectivity index (χ3v) is 4.12. The second-order valence-electron chi connectivity index (χ2n) is 5.21. The lowest BCUT2D eigenvalue weighted by Gasteiger charge is -2.11. The number of rotatable bonds is 9. The normalized spacial score (nSPS) is 11.3. The van der Waals surface area contributed by atoms with Crippen molar-refractivity contribution in [1.82, 2.24) is 10.6 Å². The minimum absolute atomic E-state index is 0.246. The molecule has 0 radical (unpaired) electrons. The van der Waals surface area contributed by atoms with Gasteiger partial charge in [0, 0.05) is 18.0 Å². The van der Waals surface area contributed by atoms with Gasteiger partial charge in [-0.1, -0.05) is 6.07 Å². The Bertz CT molecular complexity index is 599. The summed E-state index contributed by atoms with van der Waals surface area (Å²) in [4.78, 5) is 5.82. The van der Waals surface area contributed by atoms with Gasteiger partial charge in [-0.05, 0) is 55.5 Å². The number of nitrogens with zero attached hydrogens (tertiary/aromatic N) is 1. The van der Waals surface area contributed by atoms with Crippen molar-refractivity contribution in [2.75, 3.05) is 19.7 Å². The van der Waals surface area contributed by atoms with E-state index in [-0.39, 0.29) is 5.82 Å². The van der Waals surface area contributed by atoms with E-state index in [1.165, 1.54) is 17.0 Å². The Morgan fingerprint density at radius 1 is 1.17 bits per heavy atom. The topological polar surface area (TPSA) is 45.7 Å². The Hall–Kier alpha value is -2.08. The van der Waals surface area contributed by atoms with Crippen LogP contribution in [-0.4, -0.2) is 25.7 Å². The number of halogens is 1. The largest absolute Gasteiger partial charge is 0.494 e. The highest BCUT2D eigenvalue weighted by Gasteiger charge is 1.99. The molecule has 0 fully saturated rings. The van der Waals surface area contributed by atoms with Gasteiger partial charge in [-0.15, -0.1) is 11.3 Å². The standard InChI is InChI=1S/C18H24FN3OS/c1-2-20-18(22-14-17-6-5-13-24-17)21-11-3-4-12-23-16-9-7-15(19)8-10-16/h5-10,13H,2-4,11-12,14H2,1H3,(H2,20,21,22). The Morgan fingerprint density at radius 2 is 2.00 bits per heavy atom. The zero-order chi connectivity index (χ0) is 17.0. The van der Waals surface area contributed by atoms with Gasteiger partial charge in [0.1, 0.15) is 11.6 Å². The Kier molecular flexibility index (Phi) is 8.10. The first-order chi connectivity index (χ1) is 11.8. The lowest BCUT2D eigenvalue weighted by molar-refractivity contribution is 0.306. The summed E-state index contributed by atoms with van der Waals surface area (Å²) in [6.45, 7) is 5.04. The fraction of sp³-hybridized carbons (Fsp3) is 0.389. The molecule has 0 aliphatic carbocycles. The van der Waals surface area contributed by atoms with Crippen molar-refractivity contribution in [1.29, 1.82) is 0 Å². The molecule has 4 nitrogen and oxygen atoms in total. The molecule has 2 rings (SSSR count). The molecule has 0 bridgehead atoms. The molecule has 0 aliphatic heterocycles. The van der Waals surface area contributed by atoms with Crippen LogP contribution in [0.3, 0.4) is 0 Å². The van der Waals surface area contributed by atoms with Crippen LogP contribution in [0.5, 0.6) is 5.75 Å². The molecule has 1 heterocycles. The van der Waals surface area contributed by atoms with E-state index in [0.717, 1.165) is 31.9 Å². The van der Waals surface area contributed by atoms with Crippen molar-refractivity contribution >= 4 is 17.3 Å². The summed E-state index contributed by atoms with van der Waals surface area (Å²) in [7, 11) is 0. The van der Waals surface area contributed by atoms with E-state index in [2.05, 4.69) is 34.0 Å². The molecular formula is C18H24FN3OS. The van der Waals surface area contributed by atoms with Gasteiger partial charge in [-0.25, -0.2) is 9.38 Å². The quantitative estimate of drug-likeness (QED) is 0.411. The van der Waals surface area contributed by atoms with Gasteiger partial charge in [-0.2, -0.15) is 0 Å². The number of benzene rings is 1. The van der Waals surface area contributed by atoms with Gasteiger partial charge in [0.2, 0.25) is 0 Å². The fourth-order valence-electron chi connectivity index (χ4n) is 2.06. The molecule has 0 unspecified atom stereocenters. The summed E-state index contributed by atoms with van der Waals surface area (Å²) in [5, 5.41) is 8.63. The summed E-state index contributed by atoms with van der Waals surface area (Å²) < 4.78 is 18.4. The molecule has 6 heteroatoms. The summed E-state index contributed by atoms with van der Waals surface area (Å²) >= 11 is 1.71. The van der Waals surface area contributed by atoms with Gasteiger partial charge in [0.05, 0.1) is 13.2 Å². The van der Waals surface area contributed by atoms with Crippen molar-refractivity contribution < 1.29 is 9.13 Å². The number of hydrogen-bond donors (Lipinski definition) is 2. The molecule has 2 N–H and O–H groups in total. The first-order valence-corrected chi connectivity index (χ1v) is 9.09. The first-order valence-electron chi connectivity index (χ1n) is 8.21. The minimum atomic E-state index is -0.246. The van der Waals surface area contributed by atoms with Crippen LogP contribution in [-0.2, 0) is 6.54 Å². The maximum absolute atomic E-state index is 12.8. The SMILES string of the molecule is CCNC(=NCc1cccs1)NCCCCOc1ccc(F)cc1. The molecule has 130 valence electrons. The number of thiophene rings is 1. The minimum Gasteiger partial charge on any atom is -0.494 e. The van der Waals surface area contributed by atoms with E-state index in [1.54, 1.807) is 23.5 Å². The fourth-order valence-corrected chi connectivity index (χ4v) is 2.68. The number of aliphatic imine (C=N–C) groups is 1. The van der Waals surface area contributed by atoms with Crippen molar-refractivity contribution in [3.63, 3.8) is 0 Å². The highest BCUT2D eigenvalue weighted by Crippen LogP contribution is 2.11. The number of unbranched alkanes of at least 4 members (excludes halogenated alkanes) is 1. The second kappa shape index (κ2) is 10.6. The van der Waals surface area contributed by atoms with Gasteiger partial charge >= 0.3 is 0 Å². The van der Waals surface area contributed by atoms with Crippen LogP contribution in [0, 0.1) is 5.82 Å². The summed E-state index contributed by atoms with van der Waals surface area (Å²) in [6, 6.07) is 10.2. The predicted octanol–water partition coefficient (Wildman–Crippen LogP) is 3.80. The van der Waals surface area contributed by atoms with E-state index in [1.807, 2.05) is 6.07 Å². The van der Waals surface area contributed by atoms with Gasteiger partial charge < -0.3 is 15.4 Å². The van der Waals surface area contributed by atoms with E-state index in [9.17, 15) is 4.39 Å². The van der Waals surface area contributed by atoms with Crippen LogP contribution >= 0.6 is 11.3 Å². The molecule has 0 amide bonds. The smallest absolute Gasteiger partial charge is 0.191 e. The van der Waals surface area contributed by atoms with Crippen LogP contribution in [0.2, 0.25) is 0 Å². The van der Waals surface area contributed by atoms with Crippen molar-refractivity contribution in [2.45, 2.75) is 26.3 Å². The number of guanidine groups is 1. The summed E-state index contributed by atoms with van der Waals surface area (Å²) in [5.74, 6) is 1.30. The zero-order valence-electron chi connectivity index (χ0n) is 13.9. The average molecular weight is 349 g/mol. The molecule has 0 spiro atoms. The first kappa shape index (κ1) is 18.3. The second-order valence-corrected chi connectivity index (χ2v) is 6.24. The zero-order valence-corrected chi connectivity index (χ0v) is 14.7. The predicted molar refractivity (Wildman–Crippen MR) is 98.3 cm³/mol. The Balaban J connectivity index is 1.61. The molecule has 1 aromatic heterocycles. The van der Waals surface area contributed by atoms with Gasteiger partial charge in [0.25, 0.3) is 0 Å². The monoisotopic (exact) mass is 349 g/mol. The maximum Gasteiger partial charge on any atom is 0.191 e. The number of ether oxygens (including phenoxy) is 1. The lowest BCUT2D eigenvalue weighted by atomic mass is 10.3. The van der Waals surface area contributed by atoms with E-state index < -0.39 is 0 Å². The van der Waals surface area contributed by atoms with Crippen molar-refractivity contribution in [2.24, 2.45) is 4.99 Å². The number of nitrogens with one attached hydrogen (secondary N) is 2. The Labute approximate surface area is 146 Å². The van der Waals surface area contributed by atoms with Gasteiger partial charge in [-0.3, -0.25) is 0 Å². The molecule has 1 aromatic carbocycles. The van der Waals surface area contributed by atoms with Crippen LogP contribution < -0.4 is 15.4 Å². The molecular weight excluding hydrogens is 325 g/mol.